The van der Waals surface area contributed by atoms with Gasteiger partial charge in [-0.15, -0.1) is 0 Å². The number of hydrogen-bond acceptors (Lipinski definition) is 9. The van der Waals surface area contributed by atoms with Gasteiger partial charge in [-0.25, -0.2) is 9.98 Å². The molecular weight excluding hydrogens is 643 g/mol. The molecule has 1 unspecified atom stereocenters. The summed E-state index contributed by atoms with van der Waals surface area (Å²) in [5.74, 6) is -0.839. The van der Waals surface area contributed by atoms with Crippen molar-refractivity contribution in [1.29, 1.82) is 0 Å². The maximum Gasteiger partial charge on any atom is 0.325 e. The maximum atomic E-state index is 14.0. The molecular formula is C36H29N7O5S. The Labute approximate surface area is 285 Å². The van der Waals surface area contributed by atoms with Crippen LogP contribution in [-0.2, 0) is 23.2 Å². The van der Waals surface area contributed by atoms with Gasteiger partial charge in [-0.05, 0) is 83.8 Å². The summed E-state index contributed by atoms with van der Waals surface area (Å²) < 4.78 is 12.7. The molecule has 12 nitrogen and oxygen atoms in total. The fourth-order valence-electron chi connectivity index (χ4n) is 5.52. The SMILES string of the molecule is Cc1ccc(N2C(=O)C(CC(=O)Nc3ccc(-c4nc5ccccc5o4)cc3)N(Cc3c(/N=C(\[O-])c4ccccc4)on[n+]3C)C2=S)cc1. The highest BCUT2D eigenvalue weighted by Crippen LogP contribution is 2.31. The molecule has 1 aliphatic rings. The fraction of sp³-hybridized carbons (Fsp3) is 0.139. The van der Waals surface area contributed by atoms with E-state index in [4.69, 9.17) is 21.2 Å². The first kappa shape index (κ1) is 31.4. The van der Waals surface area contributed by atoms with Gasteiger partial charge in [-0.1, -0.05) is 60.2 Å². The van der Waals surface area contributed by atoms with E-state index < -0.39 is 17.8 Å². The number of amides is 2. The van der Waals surface area contributed by atoms with Gasteiger partial charge in [-0.3, -0.25) is 19.0 Å². The number of nitrogens with one attached hydrogen (secondary N) is 1. The van der Waals surface area contributed by atoms with Gasteiger partial charge in [0.1, 0.15) is 18.1 Å². The number of fused-ring (bicyclic) bond motifs is 1. The lowest BCUT2D eigenvalue weighted by Crippen LogP contribution is -2.42. The number of aryl methyl sites for hydroxylation is 2. The number of nitrogens with zero attached hydrogens (tertiary/aromatic N) is 6. The van der Waals surface area contributed by atoms with Crippen molar-refractivity contribution < 1.29 is 28.3 Å². The van der Waals surface area contributed by atoms with Gasteiger partial charge in [0, 0.05) is 11.3 Å². The molecule has 13 heteroatoms. The van der Waals surface area contributed by atoms with Crippen molar-refractivity contribution in [3.8, 4) is 11.5 Å². The summed E-state index contributed by atoms with van der Waals surface area (Å²) in [6, 6.07) is 29.5. The normalized spacial score (nSPS) is 15.0. The third-order valence-electron chi connectivity index (χ3n) is 8.13. The van der Waals surface area contributed by atoms with E-state index in [9.17, 15) is 14.7 Å². The van der Waals surface area contributed by atoms with Crippen LogP contribution in [-0.4, -0.2) is 44.0 Å². The zero-order valence-corrected chi connectivity index (χ0v) is 27.3. The minimum atomic E-state index is -0.972. The Balaban J connectivity index is 1.14. The smallest absolute Gasteiger partial charge is 0.325 e. The molecule has 1 fully saturated rings. The minimum Gasteiger partial charge on any atom is -0.858 e. The van der Waals surface area contributed by atoms with Crippen molar-refractivity contribution >= 4 is 63.4 Å². The number of thiocarbonyl (C=S) groups is 1. The first-order valence-electron chi connectivity index (χ1n) is 15.4. The highest BCUT2D eigenvalue weighted by Gasteiger charge is 2.46. The van der Waals surface area contributed by atoms with Gasteiger partial charge < -0.3 is 19.7 Å². The first-order valence-corrected chi connectivity index (χ1v) is 15.8. The summed E-state index contributed by atoms with van der Waals surface area (Å²) in [6.07, 6.45) is -0.210. The lowest BCUT2D eigenvalue weighted by atomic mass is 10.1. The molecule has 1 aliphatic heterocycles. The predicted octanol–water partition coefficient (Wildman–Crippen LogP) is 4.59. The summed E-state index contributed by atoms with van der Waals surface area (Å²) in [6.45, 7) is 1.94. The van der Waals surface area contributed by atoms with E-state index in [1.165, 1.54) is 9.58 Å². The van der Waals surface area contributed by atoms with Crippen LogP contribution in [0.1, 0.15) is 23.2 Å². The number of rotatable bonds is 9. The molecule has 2 aromatic heterocycles. The van der Waals surface area contributed by atoms with Gasteiger partial charge in [0.25, 0.3) is 11.6 Å². The highest BCUT2D eigenvalue weighted by molar-refractivity contribution is 7.80. The fourth-order valence-corrected chi connectivity index (χ4v) is 5.91. The van der Waals surface area contributed by atoms with Gasteiger partial charge in [-0.2, -0.15) is 0 Å². The summed E-state index contributed by atoms with van der Waals surface area (Å²) in [4.78, 5) is 39.2. The Morgan fingerprint density at radius 3 is 2.45 bits per heavy atom. The van der Waals surface area contributed by atoms with E-state index in [0.29, 0.717) is 34.1 Å². The van der Waals surface area contributed by atoms with Gasteiger partial charge in [0.15, 0.2) is 17.7 Å². The van der Waals surface area contributed by atoms with Gasteiger partial charge in [0.2, 0.25) is 17.1 Å². The highest BCUT2D eigenvalue weighted by atomic mass is 32.1. The molecule has 49 heavy (non-hydrogen) atoms. The maximum absolute atomic E-state index is 14.0. The number of aliphatic imine (C=N–C) groups is 1. The molecule has 2 amide bonds. The average molecular weight is 672 g/mol. The molecule has 0 radical (unpaired) electrons. The Bertz CT molecular complexity index is 2180. The number of hydrogen-bond donors (Lipinski definition) is 1. The van der Waals surface area contributed by atoms with Crippen LogP contribution in [0.25, 0.3) is 22.6 Å². The molecule has 0 bridgehead atoms. The van der Waals surface area contributed by atoms with E-state index in [-0.39, 0.29) is 29.9 Å². The van der Waals surface area contributed by atoms with Crippen molar-refractivity contribution in [2.75, 3.05) is 10.2 Å². The van der Waals surface area contributed by atoms with E-state index in [0.717, 1.165) is 16.6 Å². The van der Waals surface area contributed by atoms with Gasteiger partial charge in [0.05, 0.1) is 12.1 Å². The zero-order chi connectivity index (χ0) is 34.1. The van der Waals surface area contributed by atoms with E-state index >= 15 is 0 Å². The summed E-state index contributed by atoms with van der Waals surface area (Å²) in [5.41, 5.74) is 5.07. The van der Waals surface area contributed by atoms with Crippen molar-refractivity contribution in [1.82, 2.24) is 15.2 Å². The predicted molar refractivity (Wildman–Crippen MR) is 184 cm³/mol. The van der Waals surface area contributed by atoms with Crippen LogP contribution in [0.15, 0.2) is 117 Å². The Hall–Kier alpha value is -6.21. The molecule has 7 rings (SSSR count). The van der Waals surface area contributed by atoms with Crippen LogP contribution in [0.4, 0.5) is 17.3 Å². The van der Waals surface area contributed by atoms with Crippen molar-refractivity contribution in [2.45, 2.75) is 25.9 Å². The second kappa shape index (κ2) is 13.1. The topological polar surface area (TPSA) is 144 Å². The van der Waals surface area contributed by atoms with Crippen LogP contribution < -0.4 is 20.0 Å². The van der Waals surface area contributed by atoms with Crippen LogP contribution >= 0.6 is 12.2 Å². The number of oxazole rings is 1. The Kier molecular flexibility index (Phi) is 8.41. The molecule has 1 atom stereocenters. The number of aromatic nitrogens is 3. The van der Waals surface area contributed by atoms with E-state index in [1.807, 2.05) is 43.3 Å². The lowest BCUT2D eigenvalue weighted by molar-refractivity contribution is -0.746. The zero-order valence-electron chi connectivity index (χ0n) is 26.4. The number of benzene rings is 4. The summed E-state index contributed by atoms with van der Waals surface area (Å²) >= 11 is 5.85. The molecule has 244 valence electrons. The molecule has 3 heterocycles. The van der Waals surface area contributed by atoms with Crippen molar-refractivity contribution in [3.63, 3.8) is 0 Å². The van der Waals surface area contributed by atoms with Gasteiger partial charge >= 0.3 is 5.88 Å². The number of anilines is 2. The quantitative estimate of drug-likeness (QED) is 0.101. The number of carbonyl (C=O) groups excluding carboxylic acids is 2. The molecule has 4 aromatic carbocycles. The summed E-state index contributed by atoms with van der Waals surface area (Å²) in [5, 5.41) is 19.9. The second-order valence-corrected chi connectivity index (χ2v) is 11.8. The third kappa shape index (κ3) is 6.39. The third-order valence-corrected chi connectivity index (χ3v) is 8.55. The van der Waals surface area contributed by atoms with E-state index in [1.54, 1.807) is 78.7 Å². The number of carbonyl (C=O) groups is 2. The minimum absolute atomic E-state index is 0.00895. The molecule has 1 N–H and O–H groups in total. The molecule has 0 aliphatic carbocycles. The molecule has 6 aromatic rings. The van der Waals surface area contributed by atoms with Crippen molar-refractivity contribution in [3.05, 3.63) is 120 Å². The van der Waals surface area contributed by atoms with Crippen molar-refractivity contribution in [2.24, 2.45) is 12.0 Å². The Morgan fingerprint density at radius 2 is 1.71 bits per heavy atom. The summed E-state index contributed by atoms with van der Waals surface area (Å²) in [7, 11) is 1.63. The molecule has 0 saturated carbocycles. The van der Waals surface area contributed by atoms with Crippen LogP contribution in [0, 0.1) is 6.92 Å². The molecule has 1 saturated heterocycles. The standard InChI is InChI=1S/C36H29N7O5S/c1-22-12-18-26(19-13-22)43-35(46)28(20-31(44)37-25-16-14-24(15-17-25)33-38-27-10-6-7-11-30(27)47-33)42(36(43)49)21-29-34(48-40-41(29)2)39-32(45)23-8-4-3-5-9-23/h3-19,28H,20-21H2,1-2H3,(H-,37,38,39,40,44,45). The van der Waals surface area contributed by atoms with Crippen LogP contribution in [0.2, 0.25) is 0 Å². The average Bonchev–Trinajstić information content (AvgIpc) is 3.76. The lowest BCUT2D eigenvalue weighted by Gasteiger charge is -2.22. The second-order valence-electron chi connectivity index (χ2n) is 11.5. The Morgan fingerprint density at radius 1 is 1.00 bits per heavy atom. The monoisotopic (exact) mass is 671 g/mol. The largest absolute Gasteiger partial charge is 0.858 e. The number of para-hydroxylation sites is 2. The van der Waals surface area contributed by atoms with Crippen LogP contribution in [0.3, 0.4) is 0 Å². The molecule has 0 spiro atoms. The first-order chi connectivity index (χ1) is 23.7. The van der Waals surface area contributed by atoms with E-state index in [2.05, 4.69) is 20.6 Å². The van der Waals surface area contributed by atoms with Crippen LogP contribution in [0.5, 0.6) is 0 Å².